The van der Waals surface area contributed by atoms with Crippen LogP contribution < -0.4 is 16.6 Å². The lowest BCUT2D eigenvalue weighted by Crippen LogP contribution is -2.34. The number of fused-ring (bicyclic) bond motifs is 1. The van der Waals surface area contributed by atoms with E-state index in [1.54, 1.807) is 35.6 Å². The lowest BCUT2D eigenvalue weighted by atomic mass is 10.3. The van der Waals surface area contributed by atoms with Crippen LogP contribution in [0.4, 0.5) is 5.95 Å². The third-order valence-corrected chi connectivity index (χ3v) is 4.84. The molecule has 0 aliphatic heterocycles. The molecule has 26 heavy (non-hydrogen) atoms. The fourth-order valence-corrected chi connectivity index (χ4v) is 3.36. The standard InChI is InChI=1S/C18H15N5O2S/c24-16-14-11-20-17(19-9-8-13-7-4-10-26-13)21-15(14)22-18(25)23(16)12-5-2-1-3-6-12/h1-7,10-11H,8-9H2,(H2,19,20,21,22,25). The van der Waals surface area contributed by atoms with Crippen LogP contribution in [-0.2, 0) is 6.42 Å². The number of hydrogen-bond donors (Lipinski definition) is 2. The zero-order valence-electron chi connectivity index (χ0n) is 13.7. The minimum absolute atomic E-state index is 0.223. The number of para-hydroxylation sites is 1. The van der Waals surface area contributed by atoms with Crippen LogP contribution in [0.1, 0.15) is 4.88 Å². The van der Waals surface area contributed by atoms with Crippen molar-refractivity contribution < 1.29 is 0 Å². The molecular weight excluding hydrogens is 350 g/mol. The van der Waals surface area contributed by atoms with E-state index in [1.165, 1.54) is 11.1 Å². The zero-order valence-corrected chi connectivity index (χ0v) is 14.5. The third-order valence-electron chi connectivity index (χ3n) is 3.90. The fourth-order valence-electron chi connectivity index (χ4n) is 2.65. The Bertz CT molecular complexity index is 1150. The van der Waals surface area contributed by atoms with E-state index in [1.807, 2.05) is 17.5 Å². The normalized spacial score (nSPS) is 10.9. The van der Waals surface area contributed by atoms with Gasteiger partial charge >= 0.3 is 5.69 Å². The smallest absolute Gasteiger partial charge is 0.334 e. The largest absolute Gasteiger partial charge is 0.354 e. The molecule has 4 aromatic rings. The summed E-state index contributed by atoms with van der Waals surface area (Å²) in [5.74, 6) is 0.376. The maximum absolute atomic E-state index is 12.7. The molecule has 0 bridgehead atoms. The number of H-pyrrole nitrogens is 1. The number of nitrogens with one attached hydrogen (secondary N) is 2. The van der Waals surface area contributed by atoms with E-state index in [0.717, 1.165) is 11.0 Å². The summed E-state index contributed by atoms with van der Waals surface area (Å²) < 4.78 is 1.08. The number of aromatic nitrogens is 4. The number of nitrogens with zero attached hydrogens (tertiary/aromatic N) is 3. The van der Waals surface area contributed by atoms with Crippen molar-refractivity contribution in [2.45, 2.75) is 6.42 Å². The van der Waals surface area contributed by atoms with Crippen molar-refractivity contribution in [1.82, 2.24) is 19.5 Å². The van der Waals surface area contributed by atoms with E-state index < -0.39 is 11.2 Å². The molecule has 1 aromatic carbocycles. The van der Waals surface area contributed by atoms with E-state index >= 15 is 0 Å². The van der Waals surface area contributed by atoms with Crippen molar-refractivity contribution in [3.8, 4) is 5.69 Å². The number of anilines is 1. The zero-order chi connectivity index (χ0) is 17.9. The second-order valence-electron chi connectivity index (χ2n) is 5.62. The molecule has 0 unspecified atom stereocenters. The first kappa shape index (κ1) is 16.2. The first-order chi connectivity index (χ1) is 12.7. The average molecular weight is 365 g/mol. The van der Waals surface area contributed by atoms with Crippen LogP contribution in [0.5, 0.6) is 0 Å². The molecule has 4 rings (SSSR count). The number of rotatable bonds is 5. The Morgan fingerprint density at radius 1 is 1.12 bits per heavy atom. The van der Waals surface area contributed by atoms with Crippen molar-refractivity contribution >= 4 is 28.3 Å². The Labute approximate surface area is 152 Å². The van der Waals surface area contributed by atoms with E-state index in [-0.39, 0.29) is 11.0 Å². The van der Waals surface area contributed by atoms with Gasteiger partial charge in [0.25, 0.3) is 5.56 Å². The maximum Gasteiger partial charge on any atom is 0.334 e. The van der Waals surface area contributed by atoms with E-state index in [4.69, 9.17) is 0 Å². The minimum atomic E-state index is -0.531. The molecule has 3 heterocycles. The lowest BCUT2D eigenvalue weighted by molar-refractivity contribution is 0.891. The Morgan fingerprint density at radius 3 is 2.73 bits per heavy atom. The Hall–Kier alpha value is -3.26. The Morgan fingerprint density at radius 2 is 1.96 bits per heavy atom. The molecule has 130 valence electrons. The molecule has 3 aromatic heterocycles. The molecule has 7 nitrogen and oxygen atoms in total. The number of aromatic amines is 1. The molecule has 0 spiro atoms. The summed E-state index contributed by atoms with van der Waals surface area (Å²) in [6.45, 7) is 0.664. The van der Waals surface area contributed by atoms with Crippen LogP contribution >= 0.6 is 11.3 Å². The van der Waals surface area contributed by atoms with Gasteiger partial charge in [0.15, 0.2) is 5.65 Å². The van der Waals surface area contributed by atoms with Crippen molar-refractivity contribution in [3.05, 3.63) is 79.8 Å². The number of thiophene rings is 1. The summed E-state index contributed by atoms with van der Waals surface area (Å²) in [6, 6.07) is 12.8. The van der Waals surface area contributed by atoms with Gasteiger partial charge in [-0.05, 0) is 30.0 Å². The lowest BCUT2D eigenvalue weighted by Gasteiger charge is -2.07. The first-order valence-corrected chi connectivity index (χ1v) is 8.94. The molecule has 0 aliphatic rings. The second-order valence-corrected chi connectivity index (χ2v) is 6.65. The monoisotopic (exact) mass is 365 g/mol. The van der Waals surface area contributed by atoms with Crippen LogP contribution in [0.25, 0.3) is 16.7 Å². The second kappa shape index (κ2) is 6.93. The molecule has 0 radical (unpaired) electrons. The average Bonchev–Trinajstić information content (AvgIpc) is 3.16. The molecule has 8 heteroatoms. The van der Waals surface area contributed by atoms with Gasteiger partial charge in [-0.25, -0.2) is 14.3 Å². The molecule has 0 saturated heterocycles. The highest BCUT2D eigenvalue weighted by Crippen LogP contribution is 2.10. The third kappa shape index (κ3) is 3.14. The molecule has 0 atom stereocenters. The van der Waals surface area contributed by atoms with Crippen molar-refractivity contribution in [2.75, 3.05) is 11.9 Å². The topological polar surface area (TPSA) is 92.7 Å². The highest BCUT2D eigenvalue weighted by molar-refractivity contribution is 7.09. The first-order valence-electron chi connectivity index (χ1n) is 8.06. The van der Waals surface area contributed by atoms with Crippen LogP contribution in [0.3, 0.4) is 0 Å². The van der Waals surface area contributed by atoms with Crippen molar-refractivity contribution in [3.63, 3.8) is 0 Å². The van der Waals surface area contributed by atoms with Gasteiger partial charge in [0.05, 0.1) is 5.69 Å². The number of benzene rings is 1. The summed E-state index contributed by atoms with van der Waals surface area (Å²) >= 11 is 1.69. The fraction of sp³-hybridized carbons (Fsp3) is 0.111. The van der Waals surface area contributed by atoms with Crippen LogP contribution in [0.15, 0.2) is 63.6 Å². The molecule has 0 amide bonds. The molecular formula is C18H15N5O2S. The molecule has 2 N–H and O–H groups in total. The molecule has 0 saturated carbocycles. The van der Waals surface area contributed by atoms with Crippen LogP contribution in [-0.4, -0.2) is 26.1 Å². The van der Waals surface area contributed by atoms with E-state index in [0.29, 0.717) is 18.2 Å². The highest BCUT2D eigenvalue weighted by Gasteiger charge is 2.11. The van der Waals surface area contributed by atoms with Gasteiger partial charge in [0, 0.05) is 17.6 Å². The van der Waals surface area contributed by atoms with Gasteiger partial charge in [-0.15, -0.1) is 11.3 Å². The van der Waals surface area contributed by atoms with Crippen molar-refractivity contribution in [1.29, 1.82) is 0 Å². The van der Waals surface area contributed by atoms with E-state index in [2.05, 4.69) is 26.3 Å². The highest BCUT2D eigenvalue weighted by atomic mass is 32.1. The van der Waals surface area contributed by atoms with Gasteiger partial charge in [-0.3, -0.25) is 9.78 Å². The molecule has 0 fully saturated rings. The predicted octanol–water partition coefficient (Wildman–Crippen LogP) is 2.19. The van der Waals surface area contributed by atoms with Crippen LogP contribution in [0, 0.1) is 0 Å². The van der Waals surface area contributed by atoms with Gasteiger partial charge in [-0.1, -0.05) is 24.3 Å². The number of hydrogen-bond acceptors (Lipinski definition) is 6. The van der Waals surface area contributed by atoms with Gasteiger partial charge < -0.3 is 5.32 Å². The summed E-state index contributed by atoms with van der Waals surface area (Å²) in [4.78, 5) is 37.4. The maximum atomic E-state index is 12.7. The van der Waals surface area contributed by atoms with E-state index in [9.17, 15) is 9.59 Å². The summed E-state index contributed by atoms with van der Waals surface area (Å²) in [7, 11) is 0. The van der Waals surface area contributed by atoms with Gasteiger partial charge in [0.1, 0.15) is 5.39 Å². The SMILES string of the molecule is O=c1[nH]c2nc(NCCc3cccs3)ncc2c(=O)n1-c1ccccc1. The van der Waals surface area contributed by atoms with Gasteiger partial charge in [0.2, 0.25) is 5.95 Å². The van der Waals surface area contributed by atoms with Crippen molar-refractivity contribution in [2.24, 2.45) is 0 Å². The quantitative estimate of drug-likeness (QED) is 0.565. The van der Waals surface area contributed by atoms with Gasteiger partial charge in [-0.2, -0.15) is 4.98 Å². The van der Waals surface area contributed by atoms with Crippen LogP contribution in [0.2, 0.25) is 0 Å². The summed E-state index contributed by atoms with van der Waals surface area (Å²) in [5, 5.41) is 5.41. The summed E-state index contributed by atoms with van der Waals surface area (Å²) in [6.07, 6.45) is 2.29. The minimum Gasteiger partial charge on any atom is -0.354 e. The Balaban J connectivity index is 1.65. The summed E-state index contributed by atoms with van der Waals surface area (Å²) in [5.41, 5.74) is -0.253. The predicted molar refractivity (Wildman–Crippen MR) is 102 cm³/mol. The molecule has 0 aliphatic carbocycles. The Kier molecular flexibility index (Phi) is 4.32.